The monoisotopic (exact) mass is 388 g/mol. The Morgan fingerprint density at radius 3 is 2.74 bits per heavy atom. The van der Waals surface area contributed by atoms with Gasteiger partial charge in [-0.2, -0.15) is 14.8 Å². The maximum atomic E-state index is 13.0. The lowest BCUT2D eigenvalue weighted by molar-refractivity contribution is 0.0607. The van der Waals surface area contributed by atoms with Crippen molar-refractivity contribution in [1.82, 2.24) is 25.0 Å². The molecule has 0 radical (unpaired) electrons. The number of carbonyl (C=O) groups is 1. The van der Waals surface area contributed by atoms with Gasteiger partial charge in [-0.1, -0.05) is 0 Å². The van der Waals surface area contributed by atoms with Crippen LogP contribution in [0.1, 0.15) is 29.6 Å². The molecule has 142 valence electrons. The number of aromatic nitrogens is 3. The summed E-state index contributed by atoms with van der Waals surface area (Å²) in [6, 6.07) is 4.71. The van der Waals surface area contributed by atoms with E-state index in [1.807, 2.05) is 4.90 Å². The smallest absolute Gasteiger partial charge is 0.266 e. The molecule has 0 atom stereocenters. The number of sulfonamides is 1. The van der Waals surface area contributed by atoms with Gasteiger partial charge in [0.15, 0.2) is 0 Å². The summed E-state index contributed by atoms with van der Waals surface area (Å²) in [5.41, 5.74) is 1.10. The maximum Gasteiger partial charge on any atom is 0.266 e. The summed E-state index contributed by atoms with van der Waals surface area (Å²) in [5, 5.41) is 7.46. The molecule has 5 rings (SSSR count). The lowest BCUT2D eigenvalue weighted by Gasteiger charge is -2.39. The molecule has 1 aromatic carbocycles. The molecule has 3 aliphatic rings. The van der Waals surface area contributed by atoms with Crippen LogP contribution < -0.4 is 10.0 Å². The summed E-state index contributed by atoms with van der Waals surface area (Å²) in [5.74, 6) is 0.0197. The van der Waals surface area contributed by atoms with Crippen LogP contribution in [0.15, 0.2) is 29.4 Å². The Bertz CT molecular complexity index is 1020. The molecule has 0 bridgehead atoms. The Morgan fingerprint density at radius 2 is 2.00 bits per heavy atom. The predicted octanol–water partition coefficient (Wildman–Crippen LogP) is 0.597. The van der Waals surface area contributed by atoms with Crippen molar-refractivity contribution in [3.63, 3.8) is 0 Å². The number of hydrogen-bond donors (Lipinski definition) is 2. The lowest BCUT2D eigenvalue weighted by Crippen LogP contribution is -2.44. The van der Waals surface area contributed by atoms with Crippen molar-refractivity contribution < 1.29 is 13.2 Å². The lowest BCUT2D eigenvalue weighted by atomic mass is 9.78. The van der Waals surface area contributed by atoms with E-state index in [0.29, 0.717) is 29.8 Å². The Morgan fingerprint density at radius 1 is 1.19 bits per heavy atom. The molecular formula is C17H20N6O3S. The van der Waals surface area contributed by atoms with Crippen molar-refractivity contribution in [2.75, 3.05) is 30.9 Å². The Balaban J connectivity index is 1.43. The fourth-order valence-electron chi connectivity index (χ4n) is 4.29. The Labute approximate surface area is 156 Å². The van der Waals surface area contributed by atoms with Crippen LogP contribution in [0.25, 0.3) is 5.69 Å². The number of rotatable bonds is 1. The molecule has 3 aliphatic heterocycles. The van der Waals surface area contributed by atoms with E-state index in [0.717, 1.165) is 32.4 Å². The number of amides is 1. The predicted molar refractivity (Wildman–Crippen MR) is 97.2 cm³/mol. The molecule has 2 fully saturated rings. The largest absolute Gasteiger partial charge is 0.339 e. The summed E-state index contributed by atoms with van der Waals surface area (Å²) in [4.78, 5) is 18.7. The first-order chi connectivity index (χ1) is 13.0. The summed E-state index contributed by atoms with van der Waals surface area (Å²) in [6.07, 6.45) is 4.42. The number of hydrogen-bond acceptors (Lipinski definition) is 6. The minimum atomic E-state index is -3.78. The first kappa shape index (κ1) is 16.7. The van der Waals surface area contributed by atoms with Gasteiger partial charge in [-0.05, 0) is 49.4 Å². The molecule has 0 aliphatic carbocycles. The molecule has 1 amide bonds. The van der Waals surface area contributed by atoms with E-state index in [1.54, 1.807) is 12.1 Å². The molecule has 2 N–H and O–H groups in total. The first-order valence-corrected chi connectivity index (χ1v) is 10.5. The molecule has 10 heteroatoms. The molecule has 0 unspecified atom stereocenters. The van der Waals surface area contributed by atoms with Gasteiger partial charge in [0.2, 0.25) is 5.95 Å². The fourth-order valence-corrected chi connectivity index (χ4v) is 5.49. The van der Waals surface area contributed by atoms with Gasteiger partial charge in [0, 0.05) is 25.2 Å². The summed E-state index contributed by atoms with van der Waals surface area (Å²) in [6.45, 7) is 3.48. The molecular weight excluding hydrogens is 368 g/mol. The van der Waals surface area contributed by atoms with Crippen LogP contribution in [0.5, 0.6) is 0 Å². The third-order valence-electron chi connectivity index (χ3n) is 5.94. The summed E-state index contributed by atoms with van der Waals surface area (Å²) in [7, 11) is -3.78. The SMILES string of the molecule is O=C(c1ccc2c(c1)S(=O)(=O)Nc1ncnn1-2)N1CCC2(CCNC2)CC1. The average molecular weight is 388 g/mol. The van der Waals surface area contributed by atoms with Crippen LogP contribution in [0, 0.1) is 5.41 Å². The number of nitrogens with one attached hydrogen (secondary N) is 2. The zero-order valence-corrected chi connectivity index (χ0v) is 15.5. The summed E-state index contributed by atoms with van der Waals surface area (Å²) >= 11 is 0. The van der Waals surface area contributed by atoms with Crippen molar-refractivity contribution in [2.45, 2.75) is 24.2 Å². The van der Waals surface area contributed by atoms with Gasteiger partial charge < -0.3 is 10.2 Å². The highest BCUT2D eigenvalue weighted by atomic mass is 32.2. The fraction of sp³-hybridized carbons (Fsp3) is 0.471. The third-order valence-corrected chi connectivity index (χ3v) is 7.30. The number of benzene rings is 1. The van der Waals surface area contributed by atoms with Crippen LogP contribution in [0.2, 0.25) is 0 Å². The van der Waals surface area contributed by atoms with Crippen LogP contribution in [0.3, 0.4) is 0 Å². The van der Waals surface area contributed by atoms with E-state index in [1.165, 1.54) is 17.1 Å². The number of likely N-dealkylation sites (tertiary alicyclic amines) is 1. The van der Waals surface area contributed by atoms with Gasteiger partial charge in [0.05, 0.1) is 5.69 Å². The van der Waals surface area contributed by atoms with Crippen molar-refractivity contribution in [3.8, 4) is 5.69 Å². The van der Waals surface area contributed by atoms with Gasteiger partial charge in [-0.15, -0.1) is 0 Å². The van der Waals surface area contributed by atoms with E-state index < -0.39 is 10.0 Å². The second kappa shape index (κ2) is 5.77. The van der Waals surface area contributed by atoms with Gasteiger partial charge in [-0.3, -0.25) is 4.79 Å². The molecule has 0 saturated carbocycles. The van der Waals surface area contributed by atoms with Crippen molar-refractivity contribution in [2.24, 2.45) is 5.41 Å². The normalized spacial score (nSPS) is 22.1. The van der Waals surface area contributed by atoms with Crippen LogP contribution in [0.4, 0.5) is 5.95 Å². The minimum Gasteiger partial charge on any atom is -0.339 e. The van der Waals surface area contributed by atoms with E-state index >= 15 is 0 Å². The molecule has 4 heterocycles. The van der Waals surface area contributed by atoms with E-state index in [-0.39, 0.29) is 16.8 Å². The first-order valence-electron chi connectivity index (χ1n) is 9.05. The summed E-state index contributed by atoms with van der Waals surface area (Å²) < 4.78 is 28.9. The van der Waals surface area contributed by atoms with Gasteiger partial charge in [-0.25, -0.2) is 13.1 Å². The topological polar surface area (TPSA) is 109 Å². The van der Waals surface area contributed by atoms with Crippen molar-refractivity contribution >= 4 is 21.9 Å². The molecule has 9 nitrogen and oxygen atoms in total. The zero-order chi connectivity index (χ0) is 18.6. The van der Waals surface area contributed by atoms with Crippen molar-refractivity contribution in [3.05, 3.63) is 30.1 Å². The number of carbonyl (C=O) groups excluding carboxylic acids is 1. The van der Waals surface area contributed by atoms with Crippen molar-refractivity contribution in [1.29, 1.82) is 0 Å². The Hall–Kier alpha value is -2.46. The molecule has 27 heavy (non-hydrogen) atoms. The van der Waals surface area contributed by atoms with Gasteiger partial charge in [0.1, 0.15) is 11.2 Å². The standard InChI is InChI=1S/C17H20N6O3S/c24-15(22-7-4-17(5-8-22)3-6-18-10-17)12-1-2-13-14(9-12)27(25,26)21-16-19-11-20-23(13)16/h1-2,9,11,18H,3-8,10H2,(H,19,20,21). The highest BCUT2D eigenvalue weighted by molar-refractivity contribution is 7.93. The second-order valence-electron chi connectivity index (χ2n) is 7.50. The van der Waals surface area contributed by atoms with Gasteiger partial charge in [0.25, 0.3) is 15.9 Å². The van der Waals surface area contributed by atoms with Gasteiger partial charge >= 0.3 is 0 Å². The number of nitrogens with zero attached hydrogens (tertiary/aromatic N) is 4. The number of anilines is 1. The third kappa shape index (κ3) is 2.62. The van der Waals surface area contributed by atoms with Crippen LogP contribution in [-0.4, -0.2) is 60.2 Å². The molecule has 1 aromatic heterocycles. The van der Waals surface area contributed by atoms with E-state index in [9.17, 15) is 13.2 Å². The number of fused-ring (bicyclic) bond motifs is 3. The molecule has 1 spiro atoms. The number of piperidine rings is 1. The van der Waals surface area contributed by atoms with Crippen LogP contribution >= 0.6 is 0 Å². The van der Waals surface area contributed by atoms with E-state index in [4.69, 9.17) is 0 Å². The quantitative estimate of drug-likeness (QED) is 0.740. The second-order valence-corrected chi connectivity index (χ2v) is 9.15. The van der Waals surface area contributed by atoms with E-state index in [2.05, 4.69) is 20.1 Å². The van der Waals surface area contributed by atoms with Crippen LogP contribution in [-0.2, 0) is 10.0 Å². The Kier molecular flexibility index (Phi) is 3.57. The average Bonchev–Trinajstić information content (AvgIpc) is 3.31. The molecule has 2 saturated heterocycles. The zero-order valence-electron chi connectivity index (χ0n) is 14.7. The maximum absolute atomic E-state index is 13.0. The minimum absolute atomic E-state index is 0.0415. The highest BCUT2D eigenvalue weighted by Gasteiger charge is 2.38. The molecule has 2 aromatic rings. The highest BCUT2D eigenvalue weighted by Crippen LogP contribution is 2.37.